The Kier molecular flexibility index (Phi) is 4.24. The van der Waals surface area contributed by atoms with Crippen LogP contribution in [0.15, 0.2) is 36.4 Å². The van der Waals surface area contributed by atoms with Crippen molar-refractivity contribution in [3.05, 3.63) is 51.2 Å². The highest BCUT2D eigenvalue weighted by Gasteiger charge is 2.15. The Morgan fingerprint density at radius 3 is 2.61 bits per heavy atom. The summed E-state index contributed by atoms with van der Waals surface area (Å²) >= 11 is 7.51. The summed E-state index contributed by atoms with van der Waals surface area (Å²) < 4.78 is 0.772. The summed E-state index contributed by atoms with van der Waals surface area (Å²) in [6.07, 6.45) is 0. The number of thiophene rings is 1. The molecule has 1 atom stereocenters. The molecule has 0 bridgehead atoms. The van der Waals surface area contributed by atoms with Crippen LogP contribution in [0, 0.1) is 0 Å². The molecule has 3 nitrogen and oxygen atoms in total. The quantitative estimate of drug-likeness (QED) is 0.669. The molecule has 0 spiro atoms. The maximum absolute atomic E-state index is 5.97. The topological polar surface area (TPSA) is 41.3 Å². The molecule has 2 aromatic rings. The summed E-state index contributed by atoms with van der Waals surface area (Å²) in [6, 6.07) is 12.1. The fourth-order valence-electron chi connectivity index (χ4n) is 1.81. The standard InChI is InChI=1S/C13H16ClN3S/c1-17(2)10-5-3-4-9(8-10)13(16-15)11-6-7-12(14)18-11/h3-8,13,16H,15H2,1-2H3. The molecule has 1 aromatic carbocycles. The van der Waals surface area contributed by atoms with E-state index in [-0.39, 0.29) is 6.04 Å². The number of hydrogen-bond donors (Lipinski definition) is 2. The zero-order valence-corrected chi connectivity index (χ0v) is 11.9. The van der Waals surface area contributed by atoms with Crippen LogP contribution in [0.5, 0.6) is 0 Å². The van der Waals surface area contributed by atoms with Gasteiger partial charge in [0, 0.05) is 24.7 Å². The molecule has 1 unspecified atom stereocenters. The van der Waals surface area contributed by atoms with Gasteiger partial charge in [-0.3, -0.25) is 5.84 Å². The van der Waals surface area contributed by atoms with Gasteiger partial charge in [0.2, 0.25) is 0 Å². The van der Waals surface area contributed by atoms with E-state index in [9.17, 15) is 0 Å². The molecule has 96 valence electrons. The normalized spacial score (nSPS) is 12.4. The maximum atomic E-state index is 5.97. The summed E-state index contributed by atoms with van der Waals surface area (Å²) in [6.45, 7) is 0. The van der Waals surface area contributed by atoms with E-state index in [1.807, 2.05) is 32.3 Å². The Labute approximate surface area is 116 Å². The van der Waals surface area contributed by atoms with Crippen molar-refractivity contribution in [1.29, 1.82) is 0 Å². The van der Waals surface area contributed by atoms with Crippen LogP contribution < -0.4 is 16.2 Å². The van der Waals surface area contributed by atoms with E-state index >= 15 is 0 Å². The third-order valence-electron chi connectivity index (χ3n) is 2.77. The first-order valence-corrected chi connectivity index (χ1v) is 6.80. The second-order valence-corrected chi connectivity index (χ2v) is 5.98. The highest BCUT2D eigenvalue weighted by molar-refractivity contribution is 7.16. The van der Waals surface area contributed by atoms with Crippen LogP contribution in [0.2, 0.25) is 4.34 Å². The molecule has 2 rings (SSSR count). The van der Waals surface area contributed by atoms with Crippen molar-refractivity contribution < 1.29 is 0 Å². The SMILES string of the molecule is CN(C)c1cccc(C(NN)c2ccc(Cl)s2)c1. The average molecular weight is 282 g/mol. The molecule has 0 aliphatic carbocycles. The van der Waals surface area contributed by atoms with Crippen molar-refractivity contribution in [2.75, 3.05) is 19.0 Å². The van der Waals surface area contributed by atoms with Crippen molar-refractivity contribution in [3.63, 3.8) is 0 Å². The number of hydrazine groups is 1. The molecule has 18 heavy (non-hydrogen) atoms. The first kappa shape index (κ1) is 13.4. The van der Waals surface area contributed by atoms with Gasteiger partial charge in [-0.2, -0.15) is 0 Å². The number of anilines is 1. The van der Waals surface area contributed by atoms with Crippen LogP contribution in [0.3, 0.4) is 0 Å². The van der Waals surface area contributed by atoms with E-state index in [4.69, 9.17) is 17.4 Å². The van der Waals surface area contributed by atoms with Crippen molar-refractivity contribution in [1.82, 2.24) is 5.43 Å². The molecule has 1 aromatic heterocycles. The molecule has 1 heterocycles. The van der Waals surface area contributed by atoms with Crippen LogP contribution in [-0.4, -0.2) is 14.1 Å². The van der Waals surface area contributed by atoms with E-state index < -0.39 is 0 Å². The molecule has 3 N–H and O–H groups in total. The Hall–Kier alpha value is -1.07. The first-order valence-electron chi connectivity index (χ1n) is 5.60. The molecule has 0 saturated heterocycles. The van der Waals surface area contributed by atoms with Gasteiger partial charge in [0.25, 0.3) is 0 Å². The second-order valence-electron chi connectivity index (χ2n) is 4.23. The lowest BCUT2D eigenvalue weighted by Gasteiger charge is -2.18. The summed E-state index contributed by atoms with van der Waals surface area (Å²) in [4.78, 5) is 3.18. The van der Waals surface area contributed by atoms with E-state index in [1.54, 1.807) is 0 Å². The Morgan fingerprint density at radius 1 is 1.28 bits per heavy atom. The Balaban J connectivity index is 2.35. The van der Waals surface area contributed by atoms with Crippen LogP contribution in [0.25, 0.3) is 0 Å². The summed E-state index contributed by atoms with van der Waals surface area (Å²) in [5.74, 6) is 5.67. The summed E-state index contributed by atoms with van der Waals surface area (Å²) in [7, 11) is 4.04. The van der Waals surface area contributed by atoms with Gasteiger partial charge in [0.1, 0.15) is 0 Å². The van der Waals surface area contributed by atoms with Gasteiger partial charge < -0.3 is 4.90 Å². The van der Waals surface area contributed by atoms with Crippen molar-refractivity contribution in [3.8, 4) is 0 Å². The lowest BCUT2D eigenvalue weighted by Crippen LogP contribution is -2.28. The molecule has 0 fully saturated rings. The number of nitrogens with one attached hydrogen (secondary N) is 1. The Bertz CT molecular complexity index is 524. The fourth-order valence-corrected chi connectivity index (χ4v) is 2.96. The number of hydrogen-bond acceptors (Lipinski definition) is 4. The highest BCUT2D eigenvalue weighted by atomic mass is 35.5. The Morgan fingerprint density at radius 2 is 2.06 bits per heavy atom. The minimum absolute atomic E-state index is 0.0256. The molecule has 0 aliphatic heterocycles. The molecular formula is C13H16ClN3S. The molecule has 0 radical (unpaired) electrons. The van der Waals surface area contributed by atoms with Gasteiger partial charge >= 0.3 is 0 Å². The second kappa shape index (κ2) is 5.71. The van der Waals surface area contributed by atoms with Crippen LogP contribution >= 0.6 is 22.9 Å². The maximum Gasteiger partial charge on any atom is 0.0931 e. The molecule has 0 saturated carbocycles. The minimum Gasteiger partial charge on any atom is -0.378 e. The monoisotopic (exact) mass is 281 g/mol. The number of nitrogens with zero attached hydrogens (tertiary/aromatic N) is 1. The molecule has 0 amide bonds. The predicted octanol–water partition coefficient (Wildman–Crippen LogP) is 3.02. The van der Waals surface area contributed by atoms with Gasteiger partial charge in [-0.05, 0) is 29.8 Å². The lowest BCUT2D eigenvalue weighted by molar-refractivity contribution is 0.646. The zero-order chi connectivity index (χ0) is 13.1. The van der Waals surface area contributed by atoms with Crippen molar-refractivity contribution in [2.45, 2.75) is 6.04 Å². The molecular weight excluding hydrogens is 266 g/mol. The smallest absolute Gasteiger partial charge is 0.0931 e. The third kappa shape index (κ3) is 2.84. The first-order chi connectivity index (χ1) is 8.61. The average Bonchev–Trinajstić information content (AvgIpc) is 2.77. The van der Waals surface area contributed by atoms with Gasteiger partial charge in [-0.25, -0.2) is 5.43 Å². The number of rotatable bonds is 4. The summed E-state index contributed by atoms with van der Waals surface area (Å²) in [5.41, 5.74) is 5.12. The van der Waals surface area contributed by atoms with E-state index in [0.29, 0.717) is 0 Å². The lowest BCUT2D eigenvalue weighted by atomic mass is 10.1. The fraction of sp³-hybridized carbons (Fsp3) is 0.231. The van der Waals surface area contributed by atoms with Crippen LogP contribution in [-0.2, 0) is 0 Å². The predicted molar refractivity (Wildman–Crippen MR) is 79.3 cm³/mol. The van der Waals surface area contributed by atoms with Crippen LogP contribution in [0.4, 0.5) is 5.69 Å². The third-order valence-corrected chi connectivity index (χ3v) is 4.06. The van der Waals surface area contributed by atoms with E-state index in [0.717, 1.165) is 20.5 Å². The summed E-state index contributed by atoms with van der Waals surface area (Å²) in [5, 5.41) is 0. The van der Waals surface area contributed by atoms with Gasteiger partial charge in [0.05, 0.1) is 10.4 Å². The van der Waals surface area contributed by atoms with Gasteiger partial charge in [0.15, 0.2) is 0 Å². The van der Waals surface area contributed by atoms with Gasteiger partial charge in [-0.1, -0.05) is 23.7 Å². The minimum atomic E-state index is -0.0256. The van der Waals surface area contributed by atoms with Gasteiger partial charge in [-0.15, -0.1) is 11.3 Å². The number of halogens is 1. The highest BCUT2D eigenvalue weighted by Crippen LogP contribution is 2.31. The largest absolute Gasteiger partial charge is 0.378 e. The van der Waals surface area contributed by atoms with Crippen molar-refractivity contribution in [2.24, 2.45) is 5.84 Å². The van der Waals surface area contributed by atoms with Crippen molar-refractivity contribution >= 4 is 28.6 Å². The van der Waals surface area contributed by atoms with Crippen LogP contribution in [0.1, 0.15) is 16.5 Å². The number of nitrogens with two attached hydrogens (primary N) is 1. The van der Waals surface area contributed by atoms with E-state index in [2.05, 4.69) is 28.5 Å². The molecule has 5 heteroatoms. The van der Waals surface area contributed by atoms with E-state index in [1.165, 1.54) is 11.3 Å². The zero-order valence-electron chi connectivity index (χ0n) is 10.4. The molecule has 0 aliphatic rings. The number of benzene rings is 1.